The van der Waals surface area contributed by atoms with Crippen LogP contribution < -0.4 is 9.47 Å². The van der Waals surface area contributed by atoms with Crippen molar-refractivity contribution in [2.24, 2.45) is 5.41 Å². The number of methoxy groups -OCH3 is 3. The largest absolute Gasteiger partial charge is 0.497 e. The molecule has 0 saturated heterocycles. The Morgan fingerprint density at radius 1 is 1.22 bits per heavy atom. The lowest BCUT2D eigenvalue weighted by molar-refractivity contribution is -0.147. The molecule has 4 heteroatoms. The second-order valence-electron chi connectivity index (χ2n) is 4.63. The van der Waals surface area contributed by atoms with Crippen LogP contribution in [0.1, 0.15) is 18.4 Å². The first-order valence-corrected chi connectivity index (χ1v) is 5.94. The van der Waals surface area contributed by atoms with E-state index in [4.69, 9.17) is 14.2 Å². The number of hydrogen-bond acceptors (Lipinski definition) is 4. The lowest BCUT2D eigenvalue weighted by Crippen LogP contribution is -2.20. The molecule has 0 spiro atoms. The third kappa shape index (κ3) is 2.28. The summed E-state index contributed by atoms with van der Waals surface area (Å²) in [6, 6.07) is 5.63. The average Bonchev–Trinajstić information content (AvgIpc) is 3.18. The van der Waals surface area contributed by atoms with Crippen molar-refractivity contribution in [2.75, 3.05) is 21.3 Å². The quantitative estimate of drug-likeness (QED) is 0.751. The van der Waals surface area contributed by atoms with Crippen LogP contribution in [0.4, 0.5) is 0 Å². The standard InChI is InChI=1S/C14H18O4/c1-16-11-4-5-12(17-2)10(8-11)9-14(6-7-14)13(15)18-3/h4-5,8H,6-7,9H2,1-3H3. The Morgan fingerprint density at radius 3 is 2.44 bits per heavy atom. The molecule has 1 aliphatic rings. The number of benzene rings is 1. The maximum absolute atomic E-state index is 11.8. The Balaban J connectivity index is 2.25. The van der Waals surface area contributed by atoms with Gasteiger partial charge in [0.15, 0.2) is 0 Å². The Bertz CT molecular complexity index is 449. The van der Waals surface area contributed by atoms with Crippen LogP contribution >= 0.6 is 0 Å². The summed E-state index contributed by atoms with van der Waals surface area (Å²) in [5, 5.41) is 0. The van der Waals surface area contributed by atoms with Crippen LogP contribution in [0.2, 0.25) is 0 Å². The van der Waals surface area contributed by atoms with Gasteiger partial charge in [-0.15, -0.1) is 0 Å². The van der Waals surface area contributed by atoms with E-state index in [-0.39, 0.29) is 11.4 Å². The van der Waals surface area contributed by atoms with Crippen molar-refractivity contribution in [3.8, 4) is 11.5 Å². The Hall–Kier alpha value is -1.71. The van der Waals surface area contributed by atoms with Crippen LogP contribution in [-0.4, -0.2) is 27.3 Å². The highest BCUT2D eigenvalue weighted by molar-refractivity contribution is 5.80. The first kappa shape index (κ1) is 12.7. The van der Waals surface area contributed by atoms with E-state index in [2.05, 4.69) is 0 Å². The van der Waals surface area contributed by atoms with Crippen molar-refractivity contribution in [3.63, 3.8) is 0 Å². The fraction of sp³-hybridized carbons (Fsp3) is 0.500. The van der Waals surface area contributed by atoms with Gasteiger partial charge in [-0.3, -0.25) is 4.79 Å². The number of esters is 1. The molecule has 0 N–H and O–H groups in total. The molecular weight excluding hydrogens is 232 g/mol. The van der Waals surface area contributed by atoms with E-state index in [9.17, 15) is 4.79 Å². The fourth-order valence-electron chi connectivity index (χ4n) is 2.21. The Kier molecular flexibility index (Phi) is 3.45. The molecule has 2 rings (SSSR count). The van der Waals surface area contributed by atoms with Crippen LogP contribution in [0.15, 0.2) is 18.2 Å². The van der Waals surface area contributed by atoms with E-state index in [1.165, 1.54) is 7.11 Å². The highest BCUT2D eigenvalue weighted by Crippen LogP contribution is 2.50. The Labute approximate surface area is 107 Å². The van der Waals surface area contributed by atoms with Gasteiger partial charge >= 0.3 is 5.97 Å². The van der Waals surface area contributed by atoms with Gasteiger partial charge in [0.25, 0.3) is 0 Å². The number of rotatable bonds is 5. The molecule has 1 aromatic rings. The summed E-state index contributed by atoms with van der Waals surface area (Å²) in [4.78, 5) is 11.8. The van der Waals surface area contributed by atoms with E-state index in [0.29, 0.717) is 6.42 Å². The van der Waals surface area contributed by atoms with Crippen LogP contribution in [-0.2, 0) is 16.0 Å². The summed E-state index contributed by atoms with van der Waals surface area (Å²) in [5.41, 5.74) is 0.633. The minimum atomic E-state index is -0.353. The monoisotopic (exact) mass is 250 g/mol. The Morgan fingerprint density at radius 2 is 1.94 bits per heavy atom. The maximum Gasteiger partial charge on any atom is 0.312 e. The summed E-state index contributed by atoms with van der Waals surface area (Å²) in [5.74, 6) is 1.42. The third-order valence-electron chi connectivity index (χ3n) is 3.49. The molecule has 0 bridgehead atoms. The van der Waals surface area contributed by atoms with E-state index in [1.54, 1.807) is 14.2 Å². The molecule has 0 atom stereocenters. The van der Waals surface area contributed by atoms with E-state index in [1.807, 2.05) is 18.2 Å². The molecule has 98 valence electrons. The molecule has 0 aliphatic heterocycles. The van der Waals surface area contributed by atoms with E-state index >= 15 is 0 Å². The summed E-state index contributed by atoms with van der Waals surface area (Å²) in [6.07, 6.45) is 2.39. The van der Waals surface area contributed by atoms with Gasteiger partial charge in [0, 0.05) is 0 Å². The summed E-state index contributed by atoms with van der Waals surface area (Å²) in [6.45, 7) is 0. The van der Waals surface area contributed by atoms with Crippen molar-refractivity contribution < 1.29 is 19.0 Å². The molecule has 18 heavy (non-hydrogen) atoms. The molecule has 0 amide bonds. The van der Waals surface area contributed by atoms with Gasteiger partial charge in [-0.2, -0.15) is 0 Å². The van der Waals surface area contributed by atoms with Gasteiger partial charge < -0.3 is 14.2 Å². The number of hydrogen-bond donors (Lipinski definition) is 0. The van der Waals surface area contributed by atoms with Gasteiger partial charge in [0.1, 0.15) is 11.5 Å². The van der Waals surface area contributed by atoms with Crippen LogP contribution in [0.25, 0.3) is 0 Å². The predicted octanol–water partition coefficient (Wildman–Crippen LogP) is 2.20. The second-order valence-corrected chi connectivity index (χ2v) is 4.63. The molecule has 1 saturated carbocycles. The molecular formula is C14H18O4. The second kappa shape index (κ2) is 4.88. The van der Waals surface area contributed by atoms with Crippen molar-refractivity contribution in [2.45, 2.75) is 19.3 Å². The molecule has 0 heterocycles. The van der Waals surface area contributed by atoms with E-state index in [0.717, 1.165) is 29.9 Å². The van der Waals surface area contributed by atoms with Crippen molar-refractivity contribution >= 4 is 5.97 Å². The lowest BCUT2D eigenvalue weighted by Gasteiger charge is -2.15. The van der Waals surface area contributed by atoms with Gasteiger partial charge in [0.05, 0.1) is 26.7 Å². The molecule has 1 aliphatic carbocycles. The first-order chi connectivity index (χ1) is 8.65. The third-order valence-corrected chi connectivity index (χ3v) is 3.49. The molecule has 0 aromatic heterocycles. The van der Waals surface area contributed by atoms with Gasteiger partial charge in [-0.05, 0) is 43.0 Å². The normalized spacial score (nSPS) is 15.9. The molecule has 0 unspecified atom stereocenters. The number of ether oxygens (including phenoxy) is 3. The van der Waals surface area contributed by atoms with Crippen LogP contribution in [0.3, 0.4) is 0 Å². The van der Waals surface area contributed by atoms with Gasteiger partial charge in [-0.1, -0.05) is 0 Å². The average molecular weight is 250 g/mol. The maximum atomic E-state index is 11.8. The zero-order chi connectivity index (χ0) is 13.2. The highest BCUT2D eigenvalue weighted by Gasteiger charge is 2.51. The van der Waals surface area contributed by atoms with Crippen LogP contribution in [0, 0.1) is 5.41 Å². The molecule has 4 nitrogen and oxygen atoms in total. The summed E-state index contributed by atoms with van der Waals surface area (Å²) < 4.78 is 15.4. The summed E-state index contributed by atoms with van der Waals surface area (Å²) >= 11 is 0. The fourth-order valence-corrected chi connectivity index (χ4v) is 2.21. The number of carbonyl (C=O) groups is 1. The predicted molar refractivity (Wildman–Crippen MR) is 66.9 cm³/mol. The van der Waals surface area contributed by atoms with Crippen LogP contribution in [0.5, 0.6) is 11.5 Å². The van der Waals surface area contributed by atoms with Crippen molar-refractivity contribution in [3.05, 3.63) is 23.8 Å². The first-order valence-electron chi connectivity index (χ1n) is 5.94. The number of carbonyl (C=O) groups excluding carboxylic acids is 1. The minimum absolute atomic E-state index is 0.132. The topological polar surface area (TPSA) is 44.8 Å². The lowest BCUT2D eigenvalue weighted by atomic mass is 9.96. The highest BCUT2D eigenvalue weighted by atomic mass is 16.5. The van der Waals surface area contributed by atoms with Gasteiger partial charge in [0.2, 0.25) is 0 Å². The van der Waals surface area contributed by atoms with Gasteiger partial charge in [-0.25, -0.2) is 0 Å². The van der Waals surface area contributed by atoms with Crippen molar-refractivity contribution in [1.82, 2.24) is 0 Å². The zero-order valence-corrected chi connectivity index (χ0v) is 11.0. The molecule has 0 radical (unpaired) electrons. The minimum Gasteiger partial charge on any atom is -0.497 e. The zero-order valence-electron chi connectivity index (χ0n) is 11.0. The molecule has 1 aromatic carbocycles. The van der Waals surface area contributed by atoms with Crippen molar-refractivity contribution in [1.29, 1.82) is 0 Å². The summed E-state index contributed by atoms with van der Waals surface area (Å²) in [7, 11) is 4.69. The van der Waals surface area contributed by atoms with E-state index < -0.39 is 0 Å². The smallest absolute Gasteiger partial charge is 0.312 e. The SMILES string of the molecule is COC(=O)C1(Cc2cc(OC)ccc2OC)CC1. The molecule has 1 fully saturated rings.